The number of hydrogen-bond donors (Lipinski definition) is 0. The second-order valence-corrected chi connectivity index (χ2v) is 4.19. The fourth-order valence-corrected chi connectivity index (χ4v) is 1.91. The Hall–Kier alpha value is -1.47. The Bertz CT molecular complexity index is 451. The van der Waals surface area contributed by atoms with Crippen molar-refractivity contribution in [1.82, 2.24) is 0 Å². The predicted octanol–water partition coefficient (Wildman–Crippen LogP) is 3.77. The number of para-hydroxylation sites is 1. The van der Waals surface area contributed by atoms with E-state index >= 15 is 0 Å². The lowest BCUT2D eigenvalue weighted by Crippen LogP contribution is -2.11. The Kier molecular flexibility index (Phi) is 5.05. The van der Waals surface area contributed by atoms with Crippen LogP contribution in [0.25, 0.3) is 0 Å². The van der Waals surface area contributed by atoms with Gasteiger partial charge in [0.15, 0.2) is 0 Å². The summed E-state index contributed by atoms with van der Waals surface area (Å²) in [5, 5.41) is 0. The molecule has 0 aromatic heterocycles. The summed E-state index contributed by atoms with van der Waals surface area (Å²) < 4.78 is 0. The molecule has 0 aliphatic heterocycles. The molecule has 0 unspecified atom stereocenters. The Balaban J connectivity index is 0.00000144. The van der Waals surface area contributed by atoms with E-state index in [1.54, 1.807) is 0 Å². The van der Waals surface area contributed by atoms with Crippen molar-refractivity contribution in [3.63, 3.8) is 0 Å². The Morgan fingerprint density at radius 2 is 1.41 bits per heavy atom. The Morgan fingerprint density at radius 1 is 0.824 bits per heavy atom. The lowest BCUT2D eigenvalue weighted by Gasteiger charge is -2.17. The Labute approximate surface area is 109 Å². The molecule has 2 heteroatoms. The van der Waals surface area contributed by atoms with Gasteiger partial charge in [0.1, 0.15) is 0 Å². The first-order valence-electron chi connectivity index (χ1n) is 5.56. The van der Waals surface area contributed by atoms with Gasteiger partial charge in [-0.3, -0.25) is 0 Å². The van der Waals surface area contributed by atoms with Gasteiger partial charge in [-0.05, 0) is 23.6 Å². The monoisotopic (exact) mass is 247 g/mol. The summed E-state index contributed by atoms with van der Waals surface area (Å²) in [4.78, 5) is 2.16. The number of hydrogen-bond acceptors (Lipinski definition) is 1. The van der Waals surface area contributed by atoms with Crippen LogP contribution in [0, 0.1) is 0 Å². The van der Waals surface area contributed by atoms with Crippen LogP contribution in [-0.4, -0.2) is 14.1 Å². The average molecular weight is 248 g/mol. The third-order valence-electron chi connectivity index (χ3n) is 2.71. The molecule has 90 valence electrons. The summed E-state index contributed by atoms with van der Waals surface area (Å²) in [6.07, 6.45) is 0.995. The van der Waals surface area contributed by atoms with Crippen LogP contribution in [-0.2, 0) is 6.42 Å². The lowest BCUT2D eigenvalue weighted by atomic mass is 10.0. The summed E-state index contributed by atoms with van der Waals surface area (Å²) in [6, 6.07) is 19.1. The van der Waals surface area contributed by atoms with E-state index in [9.17, 15) is 0 Å². The van der Waals surface area contributed by atoms with Crippen molar-refractivity contribution in [3.05, 3.63) is 65.7 Å². The van der Waals surface area contributed by atoms with Gasteiger partial charge < -0.3 is 4.90 Å². The highest BCUT2D eigenvalue weighted by Crippen LogP contribution is 2.20. The van der Waals surface area contributed by atoms with Gasteiger partial charge in [-0.25, -0.2) is 0 Å². The van der Waals surface area contributed by atoms with Gasteiger partial charge >= 0.3 is 0 Å². The molecule has 2 rings (SSSR count). The minimum absolute atomic E-state index is 0. The topological polar surface area (TPSA) is 3.24 Å². The molecule has 0 N–H and O–H groups in total. The van der Waals surface area contributed by atoms with E-state index in [1.165, 1.54) is 16.8 Å². The van der Waals surface area contributed by atoms with Gasteiger partial charge in [-0.2, -0.15) is 0 Å². The van der Waals surface area contributed by atoms with E-state index in [4.69, 9.17) is 0 Å². The molecule has 0 saturated heterocycles. The van der Waals surface area contributed by atoms with Crippen molar-refractivity contribution in [3.8, 4) is 0 Å². The summed E-state index contributed by atoms with van der Waals surface area (Å²) in [5.41, 5.74) is 4.03. The zero-order chi connectivity index (χ0) is 11.4. The maximum atomic E-state index is 2.20. The van der Waals surface area contributed by atoms with E-state index in [0.29, 0.717) is 0 Å². The van der Waals surface area contributed by atoms with E-state index in [2.05, 4.69) is 73.6 Å². The number of benzene rings is 2. The molecule has 0 amide bonds. The van der Waals surface area contributed by atoms with Crippen molar-refractivity contribution in [2.75, 3.05) is 19.0 Å². The van der Waals surface area contributed by atoms with Crippen LogP contribution >= 0.6 is 12.4 Å². The molecule has 0 bridgehead atoms. The van der Waals surface area contributed by atoms with Crippen molar-refractivity contribution in [2.24, 2.45) is 0 Å². The van der Waals surface area contributed by atoms with Gasteiger partial charge in [-0.1, -0.05) is 48.5 Å². The number of nitrogens with zero attached hydrogens (tertiary/aromatic N) is 1. The minimum Gasteiger partial charge on any atom is -0.377 e. The molecule has 0 radical (unpaired) electrons. The van der Waals surface area contributed by atoms with Crippen LogP contribution < -0.4 is 4.90 Å². The summed E-state index contributed by atoms with van der Waals surface area (Å²) >= 11 is 0. The fraction of sp³-hybridized carbons (Fsp3) is 0.200. The minimum atomic E-state index is 0. The van der Waals surface area contributed by atoms with E-state index in [0.717, 1.165) is 6.42 Å². The third kappa shape index (κ3) is 3.50. The highest BCUT2D eigenvalue weighted by atomic mass is 35.5. The van der Waals surface area contributed by atoms with E-state index in [-0.39, 0.29) is 12.4 Å². The number of rotatable bonds is 3. The van der Waals surface area contributed by atoms with Crippen LogP contribution in [0.1, 0.15) is 11.1 Å². The molecule has 2 aromatic carbocycles. The standard InChI is InChI=1S/C15H17N.ClH/c1-16(2)15-11-7-6-10-14(15)12-13-8-4-3-5-9-13;/h3-11H,12H2,1-2H3;1H. The molecule has 0 aliphatic rings. The van der Waals surface area contributed by atoms with E-state index in [1.807, 2.05) is 0 Å². The predicted molar refractivity (Wildman–Crippen MR) is 77.3 cm³/mol. The molecule has 0 atom stereocenters. The van der Waals surface area contributed by atoms with Crippen molar-refractivity contribution in [2.45, 2.75) is 6.42 Å². The zero-order valence-corrected chi connectivity index (χ0v) is 11.1. The lowest BCUT2D eigenvalue weighted by molar-refractivity contribution is 1.08. The van der Waals surface area contributed by atoms with Gasteiger partial charge in [0.25, 0.3) is 0 Å². The van der Waals surface area contributed by atoms with Gasteiger partial charge in [-0.15, -0.1) is 12.4 Å². The summed E-state index contributed by atoms with van der Waals surface area (Å²) in [7, 11) is 4.17. The van der Waals surface area contributed by atoms with Crippen LogP contribution in [0.4, 0.5) is 5.69 Å². The third-order valence-corrected chi connectivity index (χ3v) is 2.71. The maximum Gasteiger partial charge on any atom is 0.0396 e. The van der Waals surface area contributed by atoms with Gasteiger partial charge in [0.2, 0.25) is 0 Å². The van der Waals surface area contributed by atoms with Crippen LogP contribution in [0.5, 0.6) is 0 Å². The first-order valence-corrected chi connectivity index (χ1v) is 5.56. The molecule has 17 heavy (non-hydrogen) atoms. The van der Waals surface area contributed by atoms with Crippen molar-refractivity contribution in [1.29, 1.82) is 0 Å². The van der Waals surface area contributed by atoms with Crippen molar-refractivity contribution >= 4 is 18.1 Å². The zero-order valence-electron chi connectivity index (χ0n) is 10.3. The number of anilines is 1. The van der Waals surface area contributed by atoms with Crippen LogP contribution in [0.15, 0.2) is 54.6 Å². The van der Waals surface area contributed by atoms with Crippen LogP contribution in [0.3, 0.4) is 0 Å². The smallest absolute Gasteiger partial charge is 0.0396 e. The molecule has 0 saturated carbocycles. The quantitative estimate of drug-likeness (QED) is 0.798. The normalized spacial score (nSPS) is 9.53. The second kappa shape index (κ2) is 6.31. The molecular weight excluding hydrogens is 230 g/mol. The number of halogens is 1. The molecule has 0 fully saturated rings. The highest BCUT2D eigenvalue weighted by Gasteiger charge is 2.03. The largest absolute Gasteiger partial charge is 0.377 e. The molecular formula is C15H18ClN. The molecule has 2 aromatic rings. The molecule has 0 aliphatic carbocycles. The SMILES string of the molecule is CN(C)c1ccccc1Cc1ccccc1.Cl. The average Bonchev–Trinajstić information content (AvgIpc) is 2.31. The fourth-order valence-electron chi connectivity index (χ4n) is 1.91. The van der Waals surface area contributed by atoms with Crippen molar-refractivity contribution < 1.29 is 0 Å². The Morgan fingerprint density at radius 3 is 2.06 bits per heavy atom. The highest BCUT2D eigenvalue weighted by molar-refractivity contribution is 5.85. The van der Waals surface area contributed by atoms with Gasteiger partial charge in [0.05, 0.1) is 0 Å². The maximum absolute atomic E-state index is 2.20. The van der Waals surface area contributed by atoms with Crippen LogP contribution in [0.2, 0.25) is 0 Å². The first-order chi connectivity index (χ1) is 7.77. The van der Waals surface area contributed by atoms with Gasteiger partial charge in [0, 0.05) is 19.8 Å². The molecule has 1 nitrogen and oxygen atoms in total. The second-order valence-electron chi connectivity index (χ2n) is 4.19. The first kappa shape index (κ1) is 13.6. The molecule has 0 heterocycles. The molecule has 0 spiro atoms. The van der Waals surface area contributed by atoms with E-state index < -0.39 is 0 Å². The summed E-state index contributed by atoms with van der Waals surface area (Å²) in [5.74, 6) is 0. The summed E-state index contributed by atoms with van der Waals surface area (Å²) in [6.45, 7) is 0.